The molecule has 4 aromatic rings. The van der Waals surface area contributed by atoms with Crippen molar-refractivity contribution in [1.29, 1.82) is 0 Å². The van der Waals surface area contributed by atoms with Gasteiger partial charge in [-0.25, -0.2) is 23.6 Å². The van der Waals surface area contributed by atoms with E-state index in [-0.39, 0.29) is 61.7 Å². The van der Waals surface area contributed by atoms with E-state index in [0.717, 1.165) is 36.4 Å². The normalized spacial score (nSPS) is 11.6. The Morgan fingerprint density at radius 2 is 0.841 bits per heavy atom. The molecule has 0 fully saturated rings. The third-order valence-corrected chi connectivity index (χ3v) is 8.44. The first kappa shape index (κ1) is 48.8. The van der Waals surface area contributed by atoms with Crippen molar-refractivity contribution >= 4 is 23.9 Å². The number of benzene rings is 4. The summed E-state index contributed by atoms with van der Waals surface area (Å²) in [6.45, 7) is 6.95. The lowest BCUT2D eigenvalue weighted by Crippen LogP contribution is -2.22. The lowest BCUT2D eigenvalue weighted by molar-refractivity contribution is -0.162. The van der Waals surface area contributed by atoms with Crippen LogP contribution in [-0.2, 0) is 37.6 Å². The van der Waals surface area contributed by atoms with Gasteiger partial charge >= 0.3 is 42.4 Å². The Labute approximate surface area is 351 Å². The van der Waals surface area contributed by atoms with Gasteiger partial charge in [0.05, 0.1) is 43.1 Å². The molecule has 0 aliphatic heterocycles. The van der Waals surface area contributed by atoms with E-state index in [2.05, 4.69) is 13.2 Å². The first-order valence-corrected chi connectivity index (χ1v) is 18.4. The summed E-state index contributed by atoms with van der Waals surface area (Å²) in [5, 5.41) is 0. The molecule has 0 spiro atoms. The van der Waals surface area contributed by atoms with Crippen LogP contribution < -0.4 is 18.9 Å². The topological polar surface area (TPSA) is 124 Å². The fraction of sp³-hybridized carbons (Fsp3) is 0.256. The predicted octanol–water partition coefficient (Wildman–Crippen LogP) is 10.8. The fourth-order valence-electron chi connectivity index (χ4n) is 5.55. The Kier molecular flexibility index (Phi) is 16.5. The molecule has 4 rings (SSSR count). The zero-order valence-corrected chi connectivity index (χ0v) is 32.5. The third kappa shape index (κ3) is 13.6. The van der Waals surface area contributed by atoms with Crippen molar-refractivity contribution in [3.8, 4) is 34.1 Å². The summed E-state index contributed by atoms with van der Waals surface area (Å²) < 4.78 is 177. The van der Waals surface area contributed by atoms with Crippen LogP contribution in [-0.4, -0.2) is 50.3 Å². The molecule has 0 heterocycles. The highest BCUT2D eigenvalue weighted by Crippen LogP contribution is 2.52. The van der Waals surface area contributed by atoms with Crippen LogP contribution >= 0.6 is 0 Å². The molecule has 63 heavy (non-hydrogen) atoms. The molecular formula is C43H34F10O10. The van der Waals surface area contributed by atoms with Crippen LogP contribution in [0, 0.1) is 5.82 Å². The van der Waals surface area contributed by atoms with E-state index in [1.54, 1.807) is 0 Å². The lowest BCUT2D eigenvalue weighted by Gasteiger charge is -2.24. The second kappa shape index (κ2) is 21.3. The van der Waals surface area contributed by atoms with Gasteiger partial charge in [-0.2, -0.15) is 39.5 Å². The minimum Gasteiger partial charge on any atom is -0.494 e. The average Bonchev–Trinajstić information content (AvgIpc) is 3.22. The van der Waals surface area contributed by atoms with E-state index < -0.39 is 93.1 Å². The van der Waals surface area contributed by atoms with Crippen LogP contribution in [0.1, 0.15) is 63.1 Å². The van der Waals surface area contributed by atoms with Crippen LogP contribution in [0.5, 0.6) is 23.0 Å². The van der Waals surface area contributed by atoms with Gasteiger partial charge in [-0.1, -0.05) is 19.2 Å². The minimum atomic E-state index is -6.09. The largest absolute Gasteiger partial charge is 0.494 e. The highest BCUT2D eigenvalue weighted by Gasteiger charge is 2.49. The number of halogens is 10. The maximum absolute atomic E-state index is 15.7. The van der Waals surface area contributed by atoms with Crippen LogP contribution in [0.2, 0.25) is 0 Å². The number of ether oxygens (including phenoxy) is 6. The summed E-state index contributed by atoms with van der Waals surface area (Å²) >= 11 is 0. The van der Waals surface area contributed by atoms with Crippen LogP contribution in [0.25, 0.3) is 11.1 Å². The van der Waals surface area contributed by atoms with E-state index in [1.165, 1.54) is 24.3 Å². The first-order chi connectivity index (χ1) is 29.6. The molecule has 336 valence electrons. The molecule has 0 aromatic heterocycles. The number of carbonyl (C=O) groups excluding carboxylic acids is 4. The summed E-state index contributed by atoms with van der Waals surface area (Å²) in [5.74, 6) is -9.43. The molecule has 0 amide bonds. The Morgan fingerprint density at radius 1 is 0.476 bits per heavy atom. The van der Waals surface area contributed by atoms with E-state index >= 15 is 4.39 Å². The van der Waals surface area contributed by atoms with Crippen LogP contribution in [0.15, 0.2) is 98.1 Å². The van der Waals surface area contributed by atoms with Gasteiger partial charge < -0.3 is 28.4 Å². The van der Waals surface area contributed by atoms with Gasteiger partial charge in [0, 0.05) is 12.2 Å². The van der Waals surface area contributed by atoms with Crippen molar-refractivity contribution in [2.75, 3.05) is 26.4 Å². The molecule has 0 atom stereocenters. The summed E-state index contributed by atoms with van der Waals surface area (Å²) in [6.07, 6.45) is -14.3. The smallest absolute Gasteiger partial charge is 0.420 e. The SMILES string of the molecule is C=CC(=O)OCCCCOc1ccc(C(=O)Oc2ccc(-c3ccc(OC(=O)c4ccc(OCCCCOC(=O)C=C)cc4)c(C(F)(F)F)c3C(F)(F)F)c(C(F)(F)F)c2F)cc1. The number of carbonyl (C=O) groups is 4. The molecule has 10 nitrogen and oxygen atoms in total. The summed E-state index contributed by atoms with van der Waals surface area (Å²) in [6, 6.07) is 10.0. The highest BCUT2D eigenvalue weighted by atomic mass is 19.4. The Morgan fingerprint density at radius 3 is 1.24 bits per heavy atom. The van der Waals surface area contributed by atoms with Gasteiger partial charge in [0.15, 0.2) is 11.6 Å². The van der Waals surface area contributed by atoms with Crippen LogP contribution in [0.3, 0.4) is 0 Å². The molecule has 0 unspecified atom stereocenters. The van der Waals surface area contributed by atoms with Crippen molar-refractivity contribution in [2.45, 2.75) is 44.2 Å². The van der Waals surface area contributed by atoms with E-state index in [4.69, 9.17) is 28.4 Å². The number of hydrogen-bond acceptors (Lipinski definition) is 10. The van der Waals surface area contributed by atoms with Gasteiger partial charge in [-0.15, -0.1) is 0 Å². The zero-order valence-electron chi connectivity index (χ0n) is 32.5. The highest BCUT2D eigenvalue weighted by molar-refractivity contribution is 5.92. The maximum atomic E-state index is 15.7. The number of hydrogen-bond donors (Lipinski definition) is 0. The zero-order chi connectivity index (χ0) is 46.5. The molecule has 0 aliphatic rings. The molecule has 0 bridgehead atoms. The van der Waals surface area contributed by atoms with Gasteiger partial charge in [0.2, 0.25) is 0 Å². The fourth-order valence-corrected chi connectivity index (χ4v) is 5.55. The Balaban J connectivity index is 1.58. The van der Waals surface area contributed by atoms with Crippen molar-refractivity contribution < 1.29 is 91.5 Å². The molecule has 20 heteroatoms. The third-order valence-electron chi connectivity index (χ3n) is 8.44. The molecule has 0 aliphatic carbocycles. The van der Waals surface area contributed by atoms with Crippen molar-refractivity contribution in [3.63, 3.8) is 0 Å². The van der Waals surface area contributed by atoms with Gasteiger partial charge in [0.25, 0.3) is 0 Å². The number of unbranched alkanes of at least 4 members (excludes halogenated alkanes) is 2. The lowest BCUT2D eigenvalue weighted by atomic mass is 9.90. The molecule has 0 radical (unpaired) electrons. The Hall–Kier alpha value is -6.86. The van der Waals surface area contributed by atoms with E-state index in [0.29, 0.717) is 31.7 Å². The predicted molar refractivity (Wildman–Crippen MR) is 201 cm³/mol. The first-order valence-electron chi connectivity index (χ1n) is 18.4. The second-order valence-electron chi connectivity index (χ2n) is 12.8. The monoisotopic (exact) mass is 900 g/mol. The maximum Gasteiger partial charge on any atom is 0.420 e. The van der Waals surface area contributed by atoms with Crippen LogP contribution in [0.4, 0.5) is 43.9 Å². The van der Waals surface area contributed by atoms with E-state index in [1.807, 2.05) is 0 Å². The molecule has 0 saturated carbocycles. The molecule has 4 aromatic carbocycles. The van der Waals surface area contributed by atoms with Crippen molar-refractivity contribution in [2.24, 2.45) is 0 Å². The second-order valence-corrected chi connectivity index (χ2v) is 12.8. The summed E-state index contributed by atoms with van der Waals surface area (Å²) in [5.41, 5.74) is -12.2. The molecule has 0 N–H and O–H groups in total. The Bertz CT molecular complexity index is 2280. The van der Waals surface area contributed by atoms with Gasteiger partial charge in [-0.05, 0) is 104 Å². The summed E-state index contributed by atoms with van der Waals surface area (Å²) in [7, 11) is 0. The summed E-state index contributed by atoms with van der Waals surface area (Å²) in [4.78, 5) is 47.8. The number of alkyl halides is 9. The molecular weight excluding hydrogens is 866 g/mol. The average molecular weight is 901 g/mol. The quantitative estimate of drug-likeness (QED) is 0.0295. The molecule has 0 saturated heterocycles. The van der Waals surface area contributed by atoms with Crippen molar-refractivity contribution in [3.05, 3.63) is 132 Å². The number of rotatable bonds is 19. The van der Waals surface area contributed by atoms with E-state index in [9.17, 15) is 58.7 Å². The van der Waals surface area contributed by atoms with Crippen molar-refractivity contribution in [1.82, 2.24) is 0 Å². The standard InChI is InChI=1S/C43H34F10O10/c1-3-33(54)60-23-7-5-21-58-27-13-9-25(10-14-27)39(56)62-31-19-17-29(35(41(45,46)47)37(31)43(51,52)53)30-18-20-32(38(44)36(30)42(48,49)50)63-40(57)26-11-15-28(16-12-26)59-22-6-8-24-61-34(55)4-2/h3-4,9-20H,1-2,5-8,21-24H2. The number of esters is 4. The minimum absolute atomic E-state index is 0.0807. The van der Waals surface area contributed by atoms with Gasteiger partial charge in [0.1, 0.15) is 28.4 Å². The van der Waals surface area contributed by atoms with Gasteiger partial charge in [-0.3, -0.25) is 0 Å².